The molecule has 0 saturated heterocycles. The van der Waals surface area contributed by atoms with Gasteiger partial charge >= 0.3 is 0 Å². The van der Waals surface area contributed by atoms with E-state index in [1.54, 1.807) is 25.3 Å². The molecule has 0 bridgehead atoms. The van der Waals surface area contributed by atoms with Crippen molar-refractivity contribution in [1.82, 2.24) is 5.32 Å². The Kier molecular flexibility index (Phi) is 10.4. The second-order valence-electron chi connectivity index (χ2n) is 5.33. The molecule has 1 aromatic carbocycles. The topological polar surface area (TPSA) is 76.4 Å². The van der Waals surface area contributed by atoms with Crippen molar-refractivity contribution in [3.63, 3.8) is 0 Å². The number of anilines is 1. The maximum Gasteiger partial charge on any atom is 0.221 e. The Labute approximate surface area is 154 Å². The van der Waals surface area contributed by atoms with Crippen LogP contribution in [0.2, 0.25) is 5.02 Å². The predicted octanol–water partition coefficient (Wildman–Crippen LogP) is 2.85. The first-order valence-electron chi connectivity index (χ1n) is 7.20. The lowest BCUT2D eigenvalue weighted by Crippen LogP contribution is -2.39. The summed E-state index contributed by atoms with van der Waals surface area (Å²) in [7, 11) is 1.60. The molecule has 8 heteroatoms. The number of carbonyl (C=O) groups is 1. The van der Waals surface area contributed by atoms with Crippen LogP contribution in [0.3, 0.4) is 0 Å². The Morgan fingerprint density at radius 1 is 1.43 bits per heavy atom. The minimum atomic E-state index is -0.000375. The number of rotatable bonds is 8. The van der Waals surface area contributed by atoms with Gasteiger partial charge in [-0.2, -0.15) is 0 Å². The van der Waals surface area contributed by atoms with Gasteiger partial charge in [0.1, 0.15) is 5.75 Å². The number of ether oxygens (including phenoxy) is 1. The maximum atomic E-state index is 11.7. The lowest BCUT2D eigenvalue weighted by Gasteiger charge is -2.13. The smallest absolute Gasteiger partial charge is 0.221 e. The Morgan fingerprint density at radius 3 is 2.74 bits per heavy atom. The van der Waals surface area contributed by atoms with Gasteiger partial charge in [-0.3, -0.25) is 4.79 Å². The van der Waals surface area contributed by atoms with Crippen LogP contribution in [0.1, 0.15) is 19.3 Å². The number of hydrogen-bond donors (Lipinski definition) is 3. The van der Waals surface area contributed by atoms with Crippen molar-refractivity contribution in [3.05, 3.63) is 23.2 Å². The summed E-state index contributed by atoms with van der Waals surface area (Å²) in [5, 5.41) is 6.65. The minimum Gasteiger partial charge on any atom is -0.495 e. The monoisotopic (exact) mass is 383 g/mol. The van der Waals surface area contributed by atoms with Gasteiger partial charge in [-0.05, 0) is 37.0 Å². The van der Waals surface area contributed by atoms with E-state index in [9.17, 15) is 4.79 Å². The molecule has 23 heavy (non-hydrogen) atoms. The number of carbonyl (C=O) groups excluding carboxylic acids is 1. The van der Waals surface area contributed by atoms with E-state index >= 15 is 0 Å². The lowest BCUT2D eigenvalue weighted by molar-refractivity contribution is -0.120. The Bertz CT molecular complexity index is 499. The van der Waals surface area contributed by atoms with Crippen molar-refractivity contribution in [2.45, 2.75) is 25.3 Å². The van der Waals surface area contributed by atoms with Crippen LogP contribution in [0, 0.1) is 5.92 Å². The molecule has 4 N–H and O–H groups in total. The van der Waals surface area contributed by atoms with Gasteiger partial charge in [-0.1, -0.05) is 11.6 Å². The van der Waals surface area contributed by atoms with E-state index in [4.69, 9.17) is 22.1 Å². The fraction of sp³-hybridized carbons (Fsp3) is 0.533. The summed E-state index contributed by atoms with van der Waals surface area (Å²) in [6.45, 7) is 1.07. The first-order chi connectivity index (χ1) is 10.1. The number of hydrogen-bond acceptors (Lipinski definition) is 4. The molecular weight excluding hydrogens is 361 g/mol. The summed E-state index contributed by atoms with van der Waals surface area (Å²) in [6, 6.07) is 5.42. The average molecular weight is 385 g/mol. The van der Waals surface area contributed by atoms with E-state index in [1.165, 1.54) is 12.8 Å². The van der Waals surface area contributed by atoms with Gasteiger partial charge in [0, 0.05) is 30.6 Å². The fourth-order valence-corrected chi connectivity index (χ4v) is 2.31. The molecule has 1 atom stereocenters. The average Bonchev–Trinajstić information content (AvgIpc) is 3.29. The van der Waals surface area contributed by atoms with Crippen LogP contribution in [0.15, 0.2) is 18.2 Å². The Balaban J connectivity index is 0.00000242. The van der Waals surface area contributed by atoms with E-state index in [0.29, 0.717) is 36.2 Å². The molecule has 0 radical (unpaired) electrons. The van der Waals surface area contributed by atoms with E-state index in [0.717, 1.165) is 5.69 Å². The fourth-order valence-electron chi connectivity index (χ4n) is 2.14. The van der Waals surface area contributed by atoms with Gasteiger partial charge in [0.05, 0.1) is 12.8 Å². The van der Waals surface area contributed by atoms with Crippen LogP contribution in [0.5, 0.6) is 5.75 Å². The largest absolute Gasteiger partial charge is 0.495 e. The highest BCUT2D eigenvalue weighted by atomic mass is 35.5. The van der Waals surface area contributed by atoms with E-state index in [-0.39, 0.29) is 36.8 Å². The van der Waals surface area contributed by atoms with Crippen molar-refractivity contribution < 1.29 is 9.53 Å². The summed E-state index contributed by atoms with van der Waals surface area (Å²) in [5.41, 5.74) is 6.72. The molecule has 1 aromatic rings. The third-order valence-electron chi connectivity index (χ3n) is 3.59. The predicted molar refractivity (Wildman–Crippen MR) is 99.3 cm³/mol. The number of benzene rings is 1. The van der Waals surface area contributed by atoms with E-state index in [1.807, 2.05) is 0 Å². The van der Waals surface area contributed by atoms with Gasteiger partial charge in [-0.25, -0.2) is 0 Å². The summed E-state index contributed by atoms with van der Waals surface area (Å²) >= 11 is 5.95. The lowest BCUT2D eigenvalue weighted by atomic mass is 10.2. The molecule has 1 unspecified atom stereocenters. The highest BCUT2D eigenvalue weighted by Gasteiger charge is 2.28. The second kappa shape index (κ2) is 10.8. The molecule has 5 nitrogen and oxygen atoms in total. The minimum absolute atomic E-state index is 0. The van der Waals surface area contributed by atoms with Crippen LogP contribution in [-0.2, 0) is 4.79 Å². The zero-order valence-electron chi connectivity index (χ0n) is 13.0. The molecule has 2 rings (SSSR count). The molecule has 1 fully saturated rings. The molecule has 1 saturated carbocycles. The first kappa shape index (κ1) is 22.1. The molecule has 0 spiro atoms. The highest BCUT2D eigenvalue weighted by molar-refractivity contribution is 6.30. The van der Waals surface area contributed by atoms with Crippen molar-refractivity contribution >= 4 is 48.0 Å². The second-order valence-corrected chi connectivity index (χ2v) is 5.76. The number of nitrogens with one attached hydrogen (secondary N) is 2. The zero-order valence-corrected chi connectivity index (χ0v) is 15.4. The number of amides is 1. The SMILES string of the molecule is COc1ccc(Cl)cc1NCCC(=O)NCC(N)C1CC1.Cl.Cl. The van der Waals surface area contributed by atoms with Crippen LogP contribution in [0.4, 0.5) is 5.69 Å². The number of halogens is 3. The molecule has 132 valence electrons. The van der Waals surface area contributed by atoms with Crippen molar-refractivity contribution in [3.8, 4) is 5.75 Å². The maximum absolute atomic E-state index is 11.7. The van der Waals surface area contributed by atoms with Gasteiger partial charge in [0.15, 0.2) is 0 Å². The van der Waals surface area contributed by atoms with Crippen LogP contribution in [-0.4, -0.2) is 32.1 Å². The summed E-state index contributed by atoms with van der Waals surface area (Å²) in [4.78, 5) is 11.7. The summed E-state index contributed by atoms with van der Waals surface area (Å²) in [5.74, 6) is 1.30. The molecule has 0 aliphatic heterocycles. The van der Waals surface area contributed by atoms with Gasteiger partial charge in [0.2, 0.25) is 5.91 Å². The Hall–Kier alpha value is -0.880. The highest BCUT2D eigenvalue weighted by Crippen LogP contribution is 2.31. The summed E-state index contributed by atoms with van der Waals surface area (Å²) in [6.07, 6.45) is 2.76. The molecule has 0 aromatic heterocycles. The molecule has 1 aliphatic carbocycles. The van der Waals surface area contributed by atoms with E-state index < -0.39 is 0 Å². The quantitative estimate of drug-likeness (QED) is 0.644. The third-order valence-corrected chi connectivity index (χ3v) is 3.83. The van der Waals surface area contributed by atoms with E-state index in [2.05, 4.69) is 10.6 Å². The number of nitrogens with two attached hydrogens (primary N) is 1. The van der Waals surface area contributed by atoms with Crippen LogP contribution < -0.4 is 21.1 Å². The standard InChI is InChI=1S/C15H22ClN3O2.2ClH/c1-21-14-5-4-11(16)8-13(14)18-7-6-15(20)19-9-12(17)10-2-3-10;;/h4-5,8,10,12,18H,2-3,6-7,9,17H2,1H3,(H,19,20);2*1H. The van der Waals surface area contributed by atoms with Crippen molar-refractivity contribution in [2.24, 2.45) is 11.7 Å². The van der Waals surface area contributed by atoms with Gasteiger partial charge < -0.3 is 21.1 Å². The van der Waals surface area contributed by atoms with Gasteiger partial charge in [0.25, 0.3) is 0 Å². The zero-order chi connectivity index (χ0) is 15.2. The molecule has 1 aliphatic rings. The summed E-state index contributed by atoms with van der Waals surface area (Å²) < 4.78 is 5.23. The molecule has 1 amide bonds. The van der Waals surface area contributed by atoms with Crippen LogP contribution in [0.25, 0.3) is 0 Å². The van der Waals surface area contributed by atoms with Crippen LogP contribution >= 0.6 is 36.4 Å². The molecule has 0 heterocycles. The molecular formula is C15H24Cl3N3O2. The van der Waals surface area contributed by atoms with Gasteiger partial charge in [-0.15, -0.1) is 24.8 Å². The number of methoxy groups -OCH3 is 1. The van der Waals surface area contributed by atoms with Crippen molar-refractivity contribution in [2.75, 3.05) is 25.5 Å². The first-order valence-corrected chi connectivity index (χ1v) is 7.57. The Morgan fingerprint density at radius 2 is 2.13 bits per heavy atom. The van der Waals surface area contributed by atoms with Crippen molar-refractivity contribution in [1.29, 1.82) is 0 Å². The normalized spacial score (nSPS) is 14.0. The third kappa shape index (κ3) is 7.48.